The van der Waals surface area contributed by atoms with Crippen LogP contribution in [0, 0.1) is 5.92 Å². The summed E-state index contributed by atoms with van der Waals surface area (Å²) < 4.78 is 5.84. The fourth-order valence-electron chi connectivity index (χ4n) is 2.05. The number of nitrogen functional groups attached to an aromatic ring is 1. The Bertz CT molecular complexity index is 344. The van der Waals surface area contributed by atoms with Crippen molar-refractivity contribution in [1.82, 2.24) is 0 Å². The fraction of sp³-hybridized carbons (Fsp3) is 0.625. The van der Waals surface area contributed by atoms with Crippen molar-refractivity contribution in [2.45, 2.75) is 53.4 Å². The quantitative estimate of drug-likeness (QED) is 0.735. The molecule has 1 aromatic carbocycles. The molecule has 0 bridgehead atoms. The minimum atomic E-state index is 0.548. The molecule has 0 spiro atoms. The molecule has 0 aliphatic carbocycles. The van der Waals surface area contributed by atoms with Gasteiger partial charge in [-0.15, -0.1) is 0 Å². The van der Waals surface area contributed by atoms with Crippen LogP contribution in [-0.4, -0.2) is 6.61 Å². The van der Waals surface area contributed by atoms with Crippen molar-refractivity contribution in [3.8, 4) is 5.75 Å². The van der Waals surface area contributed by atoms with E-state index in [4.69, 9.17) is 10.5 Å². The Labute approximate surface area is 112 Å². The van der Waals surface area contributed by atoms with Gasteiger partial charge in [-0.3, -0.25) is 0 Å². The van der Waals surface area contributed by atoms with Crippen molar-refractivity contribution in [3.63, 3.8) is 0 Å². The Morgan fingerprint density at radius 1 is 1.06 bits per heavy atom. The van der Waals surface area contributed by atoms with Gasteiger partial charge in [0.2, 0.25) is 0 Å². The van der Waals surface area contributed by atoms with Gasteiger partial charge in [-0.1, -0.05) is 40.5 Å². The number of hydrogen-bond donors (Lipinski definition) is 1. The molecule has 0 fully saturated rings. The molecule has 0 aliphatic rings. The molecule has 1 aromatic rings. The third-order valence-electron chi connectivity index (χ3n) is 2.95. The second-order valence-corrected chi connectivity index (χ2v) is 5.36. The van der Waals surface area contributed by atoms with E-state index < -0.39 is 0 Å². The van der Waals surface area contributed by atoms with Gasteiger partial charge in [-0.25, -0.2) is 0 Å². The molecular formula is C16H27NO. The number of hydrogen-bond acceptors (Lipinski definition) is 2. The summed E-state index contributed by atoms with van der Waals surface area (Å²) >= 11 is 0. The number of anilines is 1. The molecule has 0 aromatic heterocycles. The van der Waals surface area contributed by atoms with E-state index in [2.05, 4.69) is 39.8 Å². The van der Waals surface area contributed by atoms with Gasteiger partial charge in [0.15, 0.2) is 0 Å². The molecule has 0 saturated heterocycles. The molecule has 102 valence electrons. The highest BCUT2D eigenvalue weighted by molar-refractivity contribution is 5.57. The van der Waals surface area contributed by atoms with Crippen molar-refractivity contribution < 1.29 is 4.74 Å². The van der Waals surface area contributed by atoms with Crippen LogP contribution < -0.4 is 10.5 Å². The lowest BCUT2D eigenvalue weighted by atomic mass is 10.00. The van der Waals surface area contributed by atoms with Crippen molar-refractivity contribution in [1.29, 1.82) is 0 Å². The van der Waals surface area contributed by atoms with Gasteiger partial charge in [0, 0.05) is 5.69 Å². The first-order chi connectivity index (χ1) is 8.58. The van der Waals surface area contributed by atoms with E-state index in [1.54, 1.807) is 0 Å². The molecular weight excluding hydrogens is 222 g/mol. The Morgan fingerprint density at radius 2 is 1.56 bits per heavy atom. The van der Waals surface area contributed by atoms with E-state index in [1.165, 1.54) is 11.1 Å². The molecule has 1 rings (SSSR count). The molecule has 0 unspecified atom stereocenters. The zero-order chi connectivity index (χ0) is 13.5. The minimum Gasteiger partial charge on any atom is -0.493 e. The van der Waals surface area contributed by atoms with Gasteiger partial charge >= 0.3 is 0 Å². The Morgan fingerprint density at radius 3 is 1.94 bits per heavy atom. The molecule has 0 radical (unpaired) electrons. The smallest absolute Gasteiger partial charge is 0.120 e. The molecule has 0 amide bonds. The lowest BCUT2D eigenvalue weighted by Crippen LogP contribution is -2.07. The highest BCUT2D eigenvalue weighted by Crippen LogP contribution is 2.27. The zero-order valence-corrected chi connectivity index (χ0v) is 12.3. The second-order valence-electron chi connectivity index (χ2n) is 5.36. The van der Waals surface area contributed by atoms with Crippen LogP contribution in [-0.2, 0) is 12.8 Å². The first-order valence-corrected chi connectivity index (χ1v) is 7.12. The summed E-state index contributed by atoms with van der Waals surface area (Å²) in [5, 5.41) is 0. The topological polar surface area (TPSA) is 35.2 Å². The lowest BCUT2D eigenvalue weighted by Gasteiger charge is -2.15. The number of nitrogens with two attached hydrogens (primary N) is 1. The first-order valence-electron chi connectivity index (χ1n) is 7.12. The van der Waals surface area contributed by atoms with Gasteiger partial charge in [0.05, 0.1) is 6.61 Å². The van der Waals surface area contributed by atoms with Crippen LogP contribution in [0.4, 0.5) is 5.69 Å². The summed E-state index contributed by atoms with van der Waals surface area (Å²) in [5.74, 6) is 1.52. The Hall–Kier alpha value is -1.18. The SMILES string of the molecule is CCCc1cc(OCC(C)C)cc(CCC)c1N. The van der Waals surface area contributed by atoms with Crippen LogP contribution in [0.25, 0.3) is 0 Å². The second kappa shape index (κ2) is 7.30. The van der Waals surface area contributed by atoms with Crippen LogP contribution >= 0.6 is 0 Å². The minimum absolute atomic E-state index is 0.548. The van der Waals surface area contributed by atoms with Gasteiger partial charge in [0.25, 0.3) is 0 Å². The monoisotopic (exact) mass is 249 g/mol. The summed E-state index contributed by atoms with van der Waals surface area (Å²) in [6.45, 7) is 9.45. The van der Waals surface area contributed by atoms with E-state index in [9.17, 15) is 0 Å². The standard InChI is InChI=1S/C16H27NO/c1-5-7-13-9-15(18-11-12(3)4)10-14(8-6-2)16(13)17/h9-10,12H,5-8,11,17H2,1-4H3. The molecule has 0 atom stereocenters. The molecule has 18 heavy (non-hydrogen) atoms. The Kier molecular flexibility index (Phi) is 6.03. The average Bonchev–Trinajstić information content (AvgIpc) is 2.32. The maximum atomic E-state index is 6.22. The number of ether oxygens (including phenoxy) is 1. The summed E-state index contributed by atoms with van der Waals surface area (Å²) in [5.41, 5.74) is 9.67. The van der Waals surface area contributed by atoms with Gasteiger partial charge in [0.1, 0.15) is 5.75 Å². The molecule has 0 saturated carbocycles. The van der Waals surface area contributed by atoms with Crippen LogP contribution in [0.5, 0.6) is 5.75 Å². The van der Waals surface area contributed by atoms with Crippen LogP contribution in [0.3, 0.4) is 0 Å². The molecule has 2 nitrogen and oxygen atoms in total. The summed E-state index contributed by atoms with van der Waals surface area (Å²) in [6.07, 6.45) is 4.29. The van der Waals surface area contributed by atoms with E-state index in [1.807, 2.05) is 0 Å². The molecule has 2 heteroatoms. The fourth-order valence-corrected chi connectivity index (χ4v) is 2.05. The first kappa shape index (κ1) is 14.9. The molecule has 2 N–H and O–H groups in total. The average molecular weight is 249 g/mol. The third kappa shape index (κ3) is 4.25. The zero-order valence-electron chi connectivity index (χ0n) is 12.3. The van der Waals surface area contributed by atoms with E-state index in [0.29, 0.717) is 5.92 Å². The normalized spacial score (nSPS) is 10.9. The maximum Gasteiger partial charge on any atom is 0.120 e. The number of rotatable bonds is 7. The summed E-state index contributed by atoms with van der Waals surface area (Å²) in [4.78, 5) is 0. The number of benzene rings is 1. The Balaban J connectivity index is 2.95. The van der Waals surface area contributed by atoms with Crippen molar-refractivity contribution in [3.05, 3.63) is 23.3 Å². The highest BCUT2D eigenvalue weighted by atomic mass is 16.5. The molecule has 0 heterocycles. The predicted octanol–water partition coefficient (Wildman–Crippen LogP) is 4.21. The van der Waals surface area contributed by atoms with Crippen molar-refractivity contribution in [2.75, 3.05) is 12.3 Å². The van der Waals surface area contributed by atoms with Crippen molar-refractivity contribution >= 4 is 5.69 Å². The third-order valence-corrected chi connectivity index (χ3v) is 2.95. The molecule has 0 aliphatic heterocycles. The van der Waals surface area contributed by atoms with Crippen molar-refractivity contribution in [2.24, 2.45) is 5.92 Å². The van der Waals surface area contributed by atoms with E-state index in [0.717, 1.165) is 43.7 Å². The van der Waals surface area contributed by atoms with Crippen LogP contribution in [0.1, 0.15) is 51.7 Å². The van der Waals surface area contributed by atoms with E-state index in [-0.39, 0.29) is 0 Å². The van der Waals surface area contributed by atoms with Crippen LogP contribution in [0.2, 0.25) is 0 Å². The number of aryl methyl sites for hydroxylation is 2. The summed E-state index contributed by atoms with van der Waals surface area (Å²) in [6, 6.07) is 4.22. The lowest BCUT2D eigenvalue weighted by molar-refractivity contribution is 0.270. The summed E-state index contributed by atoms with van der Waals surface area (Å²) in [7, 11) is 0. The van der Waals surface area contributed by atoms with Gasteiger partial charge in [-0.05, 0) is 42.0 Å². The maximum absolute atomic E-state index is 6.22. The predicted molar refractivity (Wildman–Crippen MR) is 79.2 cm³/mol. The van der Waals surface area contributed by atoms with Crippen LogP contribution in [0.15, 0.2) is 12.1 Å². The van der Waals surface area contributed by atoms with Gasteiger partial charge in [-0.2, -0.15) is 0 Å². The van der Waals surface area contributed by atoms with E-state index >= 15 is 0 Å². The highest BCUT2D eigenvalue weighted by Gasteiger charge is 2.08. The van der Waals surface area contributed by atoms with Gasteiger partial charge < -0.3 is 10.5 Å². The largest absolute Gasteiger partial charge is 0.493 e.